The Labute approximate surface area is 107 Å². The molecule has 1 heterocycles. The van der Waals surface area contributed by atoms with Crippen LogP contribution in [0.1, 0.15) is 29.5 Å². The van der Waals surface area contributed by atoms with Gasteiger partial charge in [0.2, 0.25) is 0 Å². The molecule has 0 amide bonds. The van der Waals surface area contributed by atoms with Crippen LogP contribution in [0, 0.1) is 13.8 Å². The number of carboxylic acid groups (broad SMARTS) is 1. The van der Waals surface area contributed by atoms with Gasteiger partial charge in [0.15, 0.2) is 0 Å². The van der Waals surface area contributed by atoms with Gasteiger partial charge in [0.05, 0.1) is 20.1 Å². The van der Waals surface area contributed by atoms with Crippen LogP contribution >= 0.6 is 0 Å². The topological polar surface area (TPSA) is 55.8 Å². The molecule has 2 rings (SSSR count). The maximum atomic E-state index is 11.0. The fraction of sp³-hybridized carbons (Fsp3) is 0.500. The highest BCUT2D eigenvalue weighted by Gasteiger charge is 2.44. The summed E-state index contributed by atoms with van der Waals surface area (Å²) in [6.07, 6.45) is 0.699. The summed E-state index contributed by atoms with van der Waals surface area (Å²) < 4.78 is 11.0. The van der Waals surface area contributed by atoms with Crippen molar-refractivity contribution < 1.29 is 19.4 Å². The summed E-state index contributed by atoms with van der Waals surface area (Å²) in [6, 6.07) is 3.99. The van der Waals surface area contributed by atoms with Crippen molar-refractivity contribution in [3.63, 3.8) is 0 Å². The van der Waals surface area contributed by atoms with Gasteiger partial charge >= 0.3 is 5.97 Å². The first-order valence-electron chi connectivity index (χ1n) is 6.00. The summed E-state index contributed by atoms with van der Waals surface area (Å²) in [6.45, 7) is 4.55. The summed E-state index contributed by atoms with van der Waals surface area (Å²) in [5, 5.41) is 9.06. The van der Waals surface area contributed by atoms with Crippen LogP contribution in [0.15, 0.2) is 12.1 Å². The largest absolute Gasteiger partial charge is 0.496 e. The van der Waals surface area contributed by atoms with Gasteiger partial charge in [-0.05, 0) is 25.5 Å². The fourth-order valence-electron chi connectivity index (χ4n) is 2.60. The predicted octanol–water partition coefficient (Wildman–Crippen LogP) is 2.40. The Morgan fingerprint density at radius 3 is 2.61 bits per heavy atom. The second-order valence-corrected chi connectivity index (χ2v) is 4.83. The highest BCUT2D eigenvalue weighted by Crippen LogP contribution is 2.46. The number of carbonyl (C=O) groups is 1. The van der Waals surface area contributed by atoms with E-state index < -0.39 is 11.6 Å². The lowest BCUT2D eigenvalue weighted by Crippen LogP contribution is -2.43. The molecule has 4 nitrogen and oxygen atoms in total. The summed E-state index contributed by atoms with van der Waals surface area (Å²) in [5.41, 5.74) is 2.24. The van der Waals surface area contributed by atoms with Gasteiger partial charge in [0.1, 0.15) is 11.4 Å². The molecule has 1 atom stereocenters. The number of aryl methyl sites for hydroxylation is 2. The normalized spacial score (nSPS) is 22.4. The highest BCUT2D eigenvalue weighted by atomic mass is 16.5. The summed E-state index contributed by atoms with van der Waals surface area (Å²) in [7, 11) is 1.61. The molecular formula is C14H18O4. The van der Waals surface area contributed by atoms with E-state index >= 15 is 0 Å². The number of hydrogen-bond donors (Lipinski definition) is 1. The van der Waals surface area contributed by atoms with Crippen LogP contribution in [0.2, 0.25) is 0 Å². The maximum absolute atomic E-state index is 11.0. The smallest absolute Gasteiger partial charge is 0.306 e. The molecule has 1 aromatic rings. The zero-order chi connectivity index (χ0) is 13.3. The van der Waals surface area contributed by atoms with Crippen molar-refractivity contribution in [1.29, 1.82) is 0 Å². The van der Waals surface area contributed by atoms with Crippen LogP contribution in [0.4, 0.5) is 0 Å². The lowest BCUT2D eigenvalue weighted by molar-refractivity contribution is -0.176. The highest BCUT2D eigenvalue weighted by molar-refractivity contribution is 5.69. The maximum Gasteiger partial charge on any atom is 0.306 e. The molecule has 1 unspecified atom stereocenters. The second kappa shape index (κ2) is 4.61. The van der Waals surface area contributed by atoms with Gasteiger partial charge in [0, 0.05) is 12.0 Å². The first-order chi connectivity index (χ1) is 8.48. The fourth-order valence-corrected chi connectivity index (χ4v) is 2.60. The summed E-state index contributed by atoms with van der Waals surface area (Å²) in [5.74, 6) is -0.113. The van der Waals surface area contributed by atoms with Crippen molar-refractivity contribution in [2.24, 2.45) is 0 Å². The molecule has 0 bridgehead atoms. The van der Waals surface area contributed by atoms with Crippen LogP contribution in [0.25, 0.3) is 0 Å². The quantitative estimate of drug-likeness (QED) is 0.891. The minimum absolute atomic E-state index is 0.0216. The zero-order valence-electron chi connectivity index (χ0n) is 10.9. The van der Waals surface area contributed by atoms with Crippen molar-refractivity contribution in [1.82, 2.24) is 0 Å². The number of methoxy groups -OCH3 is 1. The monoisotopic (exact) mass is 250 g/mol. The zero-order valence-corrected chi connectivity index (χ0v) is 10.9. The van der Waals surface area contributed by atoms with Crippen LogP contribution in [0.3, 0.4) is 0 Å². The lowest BCUT2D eigenvalue weighted by Gasteiger charge is -2.42. The van der Waals surface area contributed by atoms with Crippen LogP contribution in [0.5, 0.6) is 5.75 Å². The number of aliphatic carboxylic acids is 1. The molecule has 18 heavy (non-hydrogen) atoms. The molecule has 1 aliphatic heterocycles. The Morgan fingerprint density at radius 2 is 2.17 bits per heavy atom. The number of hydrogen-bond acceptors (Lipinski definition) is 3. The number of benzene rings is 1. The van der Waals surface area contributed by atoms with Gasteiger partial charge in [-0.25, -0.2) is 0 Å². The van der Waals surface area contributed by atoms with Gasteiger partial charge in [0.25, 0.3) is 0 Å². The van der Waals surface area contributed by atoms with Gasteiger partial charge in [-0.15, -0.1) is 0 Å². The van der Waals surface area contributed by atoms with Crippen molar-refractivity contribution >= 4 is 5.97 Å². The average Bonchev–Trinajstić information content (AvgIpc) is 2.22. The predicted molar refractivity (Wildman–Crippen MR) is 67.0 cm³/mol. The van der Waals surface area contributed by atoms with Crippen molar-refractivity contribution in [3.05, 3.63) is 28.8 Å². The molecule has 0 radical (unpaired) electrons. The Balaban J connectivity index is 2.51. The van der Waals surface area contributed by atoms with E-state index in [2.05, 4.69) is 0 Å². The molecule has 0 saturated carbocycles. The standard InChI is InChI=1S/C14H18O4/c1-9-6-10(2)13(17-3)11(7-9)14(4-5-18-14)8-12(15)16/h6-7H,4-5,8H2,1-3H3,(H,15,16). The van der Waals surface area contributed by atoms with E-state index in [-0.39, 0.29) is 6.42 Å². The average molecular weight is 250 g/mol. The molecule has 0 spiro atoms. The van der Waals surface area contributed by atoms with E-state index in [9.17, 15) is 4.79 Å². The minimum atomic E-state index is -0.851. The molecule has 1 aliphatic rings. The van der Waals surface area contributed by atoms with E-state index in [4.69, 9.17) is 14.6 Å². The molecule has 98 valence electrons. The van der Waals surface area contributed by atoms with E-state index in [0.717, 1.165) is 28.9 Å². The molecular weight excluding hydrogens is 232 g/mol. The van der Waals surface area contributed by atoms with Gasteiger partial charge in [-0.3, -0.25) is 4.79 Å². The third kappa shape index (κ3) is 2.08. The summed E-state index contributed by atoms with van der Waals surface area (Å²) >= 11 is 0. The van der Waals surface area contributed by atoms with Crippen LogP contribution in [-0.4, -0.2) is 24.8 Å². The lowest BCUT2D eigenvalue weighted by atomic mass is 9.81. The second-order valence-electron chi connectivity index (χ2n) is 4.83. The van der Waals surface area contributed by atoms with Gasteiger partial charge in [-0.1, -0.05) is 11.6 Å². The Bertz CT molecular complexity index is 475. The number of rotatable bonds is 4. The van der Waals surface area contributed by atoms with Crippen LogP contribution < -0.4 is 4.74 Å². The van der Waals surface area contributed by atoms with Crippen LogP contribution in [-0.2, 0) is 15.1 Å². The summed E-state index contributed by atoms with van der Waals surface area (Å²) in [4.78, 5) is 11.0. The van der Waals surface area contributed by atoms with Gasteiger partial charge < -0.3 is 14.6 Å². The SMILES string of the molecule is COc1c(C)cc(C)cc1C1(CC(=O)O)CCO1. The Morgan fingerprint density at radius 1 is 1.50 bits per heavy atom. The van der Waals surface area contributed by atoms with Crippen molar-refractivity contribution in [2.75, 3.05) is 13.7 Å². The molecule has 1 aromatic carbocycles. The van der Waals surface area contributed by atoms with Crippen molar-refractivity contribution in [3.8, 4) is 5.75 Å². The third-order valence-electron chi connectivity index (χ3n) is 3.43. The molecule has 1 N–H and O–H groups in total. The van der Waals surface area contributed by atoms with Crippen molar-refractivity contribution in [2.45, 2.75) is 32.3 Å². The number of ether oxygens (including phenoxy) is 2. The van der Waals surface area contributed by atoms with E-state index in [1.165, 1.54) is 0 Å². The van der Waals surface area contributed by atoms with E-state index in [1.54, 1.807) is 7.11 Å². The van der Waals surface area contributed by atoms with E-state index in [0.29, 0.717) is 6.61 Å². The third-order valence-corrected chi connectivity index (χ3v) is 3.43. The number of carboxylic acids is 1. The molecule has 0 aromatic heterocycles. The molecule has 4 heteroatoms. The first kappa shape index (κ1) is 12.9. The molecule has 1 saturated heterocycles. The molecule has 1 fully saturated rings. The minimum Gasteiger partial charge on any atom is -0.496 e. The first-order valence-corrected chi connectivity index (χ1v) is 6.00. The molecule has 0 aliphatic carbocycles. The Hall–Kier alpha value is -1.55. The van der Waals surface area contributed by atoms with Gasteiger partial charge in [-0.2, -0.15) is 0 Å². The Kier molecular flexibility index (Phi) is 3.30. The van der Waals surface area contributed by atoms with E-state index in [1.807, 2.05) is 26.0 Å².